The number of aliphatic hydroxyl groups excluding tert-OH is 4. The van der Waals surface area contributed by atoms with E-state index < -0.39 is 25.0 Å². The molecule has 9 rings (SSSR count). The number of aliphatic hydroxyl groups is 4. The van der Waals surface area contributed by atoms with Gasteiger partial charge in [0.05, 0.1) is 29.8 Å². The average Bonchev–Trinajstić information content (AvgIpc) is 0.820. The lowest BCUT2D eigenvalue weighted by atomic mass is 9.83. The van der Waals surface area contributed by atoms with Crippen LogP contribution in [0.1, 0.15) is 415 Å². The van der Waals surface area contributed by atoms with Gasteiger partial charge in [0.1, 0.15) is 19.0 Å². The van der Waals surface area contributed by atoms with Crippen molar-refractivity contribution in [2.75, 3.05) is 41.7 Å². The highest BCUT2D eigenvalue weighted by Gasteiger charge is 2.18. The molecule has 0 fully saturated rings. The molecular weight excluding hydrogens is 1710 g/mol. The Bertz CT molecular complexity index is 3870. The number of carbonyl (C=O) groups excluding carboxylic acids is 4. The van der Waals surface area contributed by atoms with Gasteiger partial charge < -0.3 is 29.9 Å². The molecule has 0 saturated carbocycles. The zero-order valence-corrected chi connectivity index (χ0v) is 88.1. The number of Topliss-reactive ketones (excluding diaryl/α,β-unsaturated/α-hetero) is 3. The van der Waals surface area contributed by atoms with Crippen molar-refractivity contribution in [3.63, 3.8) is 0 Å². The van der Waals surface area contributed by atoms with Crippen LogP contribution in [0.5, 0.6) is 5.75 Å². The van der Waals surface area contributed by atoms with Crippen molar-refractivity contribution in [1.29, 1.82) is 0 Å². The van der Waals surface area contributed by atoms with Gasteiger partial charge in [-0.2, -0.15) is 0 Å². The van der Waals surface area contributed by atoms with E-state index >= 15 is 0 Å². The first-order valence-corrected chi connectivity index (χ1v) is 47.7. The molecule has 0 bridgehead atoms. The fourth-order valence-electron chi connectivity index (χ4n) is 11.4. The van der Waals surface area contributed by atoms with Gasteiger partial charge in [-0.15, -0.1) is 0 Å². The summed E-state index contributed by atoms with van der Waals surface area (Å²) in [5.41, 5.74) is 17.0. The van der Waals surface area contributed by atoms with E-state index in [0.29, 0.717) is 62.2 Å². The minimum absolute atomic E-state index is 0.144. The molecule has 718 valence electrons. The molecule has 1 aliphatic carbocycles. The van der Waals surface area contributed by atoms with Crippen molar-refractivity contribution in [3.05, 3.63) is 273 Å². The SMILES string of the molecule is CC.CC.CC.CC.CC.CC.CCC(C)c1cc(C(=O)CO)cc(C(=O)OC)c1.CCC(C)c1ccc(Cl)c(Cl)c1.CCC(C)c1ccc(Cl)cc1.CCC(C)c1ccc(OC)c(C)c1.CCC(C)c1cccc(Br)c1.CCC(C)c1cccc(C(=O)CO)c1.CCC(C)c1cccc(C(C)=O)c1.CCC(C)c1cccc2c1CCCC2.CO.CO.OO.OO. The van der Waals surface area contributed by atoms with Crippen molar-refractivity contribution >= 4 is 74.1 Å². The molecule has 1 aliphatic rings. The Kier molecular flexibility index (Phi) is 99.4. The van der Waals surface area contributed by atoms with Crippen LogP contribution in [0.15, 0.2) is 174 Å². The quantitative estimate of drug-likeness (QED) is 0.0128. The number of carbonyl (C=O) groups is 4. The van der Waals surface area contributed by atoms with E-state index in [1.165, 1.54) is 102 Å². The Morgan fingerprint density at radius 2 is 0.714 bits per heavy atom. The average molecular weight is 1880 g/mol. The highest BCUT2D eigenvalue weighted by atomic mass is 79.9. The first kappa shape index (κ1) is 137. The molecule has 8 atom stereocenters. The molecule has 8 N–H and O–H groups in total. The van der Waals surface area contributed by atoms with Crippen molar-refractivity contribution in [2.45, 2.75) is 332 Å². The summed E-state index contributed by atoms with van der Waals surface area (Å²) in [5, 5.41) is 57.7. The Morgan fingerprint density at radius 1 is 0.373 bits per heavy atom. The standard InChI is InChI=1S/C14H18O4.C14H20.C12H16O2.C12H18O.C12H16O.C10H13Br.C10H12Cl2.C10H13Cl.6C2H6.2CH4O.2H2O2/c1-4-9(2)10-5-11(13(16)8-15)7-12(6-10)14(17)18-3;1-3-11(2)13-10-6-8-12-7-4-5-9-14(12)13;1-3-9(2)10-5-4-6-11(7-10)12(14)8-13;1-5-9(2)11-6-7-12(13-4)10(3)8-11;1-4-9(2)11-6-5-7-12(8-11)10(3)13;1-3-8(2)9-5-4-6-10(11)7-9;1-3-7(2)8-4-5-9(11)10(12)6-8;1-3-8(2)9-4-6-10(11)7-5-9;10*1-2/h5-7,9,15H,4,8H2,1-3H3;6,8,10-11H,3-5,7,9H2,1-2H3;4-7,9,13H,3,8H2,1-2H3;6-9H,5H2,1-4H3;5-9H,4H2,1-3H3;4-8H,3H2,1-2H3;4-7H,3H2,1-2H3;4-8H,3H2,1-2H3;6*1-2H3;2*2H,1H3;2*1-2H. The maximum Gasteiger partial charge on any atom is 0.337 e. The molecule has 0 saturated heterocycles. The second kappa shape index (κ2) is 91.4. The monoisotopic (exact) mass is 1880 g/mol. The second-order valence-electron chi connectivity index (χ2n) is 28.0. The van der Waals surface area contributed by atoms with Crippen LogP contribution < -0.4 is 4.74 Å². The van der Waals surface area contributed by atoms with Crippen LogP contribution >= 0.6 is 50.7 Å². The third-order valence-corrected chi connectivity index (χ3v) is 21.9. The normalized spacial score (nSPS) is 11.6. The third kappa shape index (κ3) is 58.6. The van der Waals surface area contributed by atoms with Crippen LogP contribution in [-0.2, 0) is 17.6 Å². The molecule has 0 amide bonds. The fourth-order valence-corrected chi connectivity index (χ4v) is 12.2. The van der Waals surface area contributed by atoms with Crippen LogP contribution in [0.2, 0.25) is 15.1 Å². The topological polar surface area (TPSA) is 249 Å². The molecule has 18 heteroatoms. The van der Waals surface area contributed by atoms with Gasteiger partial charge in [0.15, 0.2) is 17.3 Å². The lowest BCUT2D eigenvalue weighted by Gasteiger charge is -2.22. The van der Waals surface area contributed by atoms with Crippen molar-refractivity contribution in [2.24, 2.45) is 0 Å². The fraction of sp³-hybridized carbons (Fsp3) is 0.519. The summed E-state index contributed by atoms with van der Waals surface area (Å²) in [7, 11) is 5.01. The number of aryl methyl sites for hydroxylation is 2. The van der Waals surface area contributed by atoms with Crippen LogP contribution in [-0.4, -0.2) is 106 Å². The Balaban J connectivity index is -0.000000173. The molecule has 0 radical (unpaired) electrons. The summed E-state index contributed by atoms with van der Waals surface area (Å²) in [6, 6.07) is 56.0. The van der Waals surface area contributed by atoms with Gasteiger partial charge in [0.2, 0.25) is 0 Å². The Hall–Kier alpha value is -6.93. The molecule has 8 aromatic rings. The van der Waals surface area contributed by atoms with Gasteiger partial charge in [-0.05, 0) is 272 Å². The number of halogens is 4. The van der Waals surface area contributed by atoms with Gasteiger partial charge >= 0.3 is 5.97 Å². The molecule has 0 aromatic heterocycles. The van der Waals surface area contributed by atoms with Crippen LogP contribution in [0.3, 0.4) is 0 Å². The first-order chi connectivity index (χ1) is 60.5. The van der Waals surface area contributed by atoms with Crippen molar-refractivity contribution in [3.8, 4) is 5.75 Å². The number of benzene rings is 8. The van der Waals surface area contributed by atoms with E-state index in [0.717, 1.165) is 73.3 Å². The largest absolute Gasteiger partial charge is 0.496 e. The van der Waals surface area contributed by atoms with E-state index in [1.54, 1.807) is 48.9 Å². The molecule has 14 nitrogen and oxygen atoms in total. The Labute approximate surface area is 791 Å². The number of methoxy groups -OCH3 is 2. The number of ketones is 3. The summed E-state index contributed by atoms with van der Waals surface area (Å²) in [4.78, 5) is 45.4. The van der Waals surface area contributed by atoms with Gasteiger partial charge in [-0.25, -0.2) is 4.79 Å². The highest BCUT2D eigenvalue weighted by Crippen LogP contribution is 2.33. The number of hydrogen-bond acceptors (Lipinski definition) is 14. The number of hydrogen-bond donors (Lipinski definition) is 8. The zero-order valence-electron chi connectivity index (χ0n) is 84.2. The summed E-state index contributed by atoms with van der Waals surface area (Å²) < 4.78 is 11.0. The van der Waals surface area contributed by atoms with Gasteiger partial charge in [0.25, 0.3) is 0 Å². The predicted molar refractivity (Wildman–Crippen MR) is 551 cm³/mol. The zero-order chi connectivity index (χ0) is 99.6. The number of fused-ring (bicyclic) bond motifs is 1. The summed E-state index contributed by atoms with van der Waals surface area (Å²) in [5.74, 6) is 4.53. The van der Waals surface area contributed by atoms with E-state index in [9.17, 15) is 19.2 Å². The molecule has 0 heterocycles. The van der Waals surface area contributed by atoms with E-state index in [2.05, 4.69) is 203 Å². The predicted octanol–water partition coefficient (Wildman–Crippen LogP) is 33.3. The summed E-state index contributed by atoms with van der Waals surface area (Å²) in [6.07, 6.45) is 14.4. The van der Waals surface area contributed by atoms with E-state index in [-0.39, 0.29) is 17.5 Å². The van der Waals surface area contributed by atoms with Crippen molar-refractivity contribution in [1.82, 2.24) is 0 Å². The van der Waals surface area contributed by atoms with Crippen molar-refractivity contribution < 1.29 is 70.1 Å². The number of esters is 1. The lowest BCUT2D eigenvalue weighted by molar-refractivity contribution is -0.176. The molecular formula is C108H174BrCl3O14. The van der Waals surface area contributed by atoms with E-state index in [1.807, 2.05) is 164 Å². The number of rotatable bonds is 23. The van der Waals surface area contributed by atoms with Gasteiger partial charge in [-0.1, -0.05) is 342 Å². The van der Waals surface area contributed by atoms with E-state index in [4.69, 9.17) is 81.0 Å². The summed E-state index contributed by atoms with van der Waals surface area (Å²) in [6.45, 7) is 61.7. The van der Waals surface area contributed by atoms with Crippen LogP contribution in [0.25, 0.3) is 0 Å². The molecule has 0 spiro atoms. The maximum atomic E-state index is 11.5. The lowest BCUT2D eigenvalue weighted by Crippen LogP contribution is -2.10. The smallest absolute Gasteiger partial charge is 0.337 e. The molecule has 126 heavy (non-hydrogen) atoms. The molecule has 0 aliphatic heterocycles. The Morgan fingerprint density at radius 3 is 1.11 bits per heavy atom. The highest BCUT2D eigenvalue weighted by molar-refractivity contribution is 9.10. The minimum atomic E-state index is -0.565. The number of ether oxygens (including phenoxy) is 2. The molecule has 8 unspecified atom stereocenters. The second-order valence-corrected chi connectivity index (χ2v) is 30.1. The summed E-state index contributed by atoms with van der Waals surface area (Å²) >= 11 is 20.9. The van der Waals surface area contributed by atoms with Gasteiger partial charge in [0, 0.05) is 40.4 Å². The minimum Gasteiger partial charge on any atom is -0.496 e. The molecule has 8 aromatic carbocycles. The maximum absolute atomic E-state index is 11.5. The van der Waals surface area contributed by atoms with Crippen LogP contribution in [0, 0.1) is 6.92 Å². The third-order valence-electron chi connectivity index (χ3n) is 20.4. The van der Waals surface area contributed by atoms with Gasteiger partial charge in [-0.3, -0.25) is 35.4 Å². The first-order valence-electron chi connectivity index (χ1n) is 45.7. The van der Waals surface area contributed by atoms with Crippen LogP contribution in [0.4, 0.5) is 0 Å².